The molecule has 0 amide bonds. The number of nitrogens with one attached hydrogen (secondary N) is 1. The molecule has 0 bridgehead atoms. The van der Waals surface area contributed by atoms with Gasteiger partial charge in [0.05, 0.1) is 9.40 Å². The number of rotatable bonds is 2. The minimum absolute atomic E-state index is 0.0321. The van der Waals surface area contributed by atoms with E-state index in [0.29, 0.717) is 10.2 Å². The zero-order valence-corrected chi connectivity index (χ0v) is 7.85. The van der Waals surface area contributed by atoms with Crippen LogP contribution in [0.3, 0.4) is 0 Å². The van der Waals surface area contributed by atoms with E-state index in [4.69, 9.17) is 5.39 Å². The predicted octanol–water partition coefficient (Wildman–Crippen LogP) is 2.54. The summed E-state index contributed by atoms with van der Waals surface area (Å²) in [6, 6.07) is 4.05. The van der Waals surface area contributed by atoms with Crippen LogP contribution < -0.4 is 5.43 Å². The van der Waals surface area contributed by atoms with E-state index in [1.807, 2.05) is 0 Å². The lowest BCUT2D eigenvalue weighted by Crippen LogP contribution is -1.90. The smallest absolute Gasteiger partial charge is 0.258 e. The SMILES string of the molecule is N#[N+]Nc1ccc([N+](=O)[O-])cc1Br. The van der Waals surface area contributed by atoms with E-state index in [9.17, 15) is 10.1 Å². The molecule has 0 aliphatic rings. The molecule has 66 valence electrons. The van der Waals surface area contributed by atoms with E-state index in [1.54, 1.807) is 0 Å². The van der Waals surface area contributed by atoms with E-state index in [-0.39, 0.29) is 5.69 Å². The van der Waals surface area contributed by atoms with Gasteiger partial charge >= 0.3 is 5.08 Å². The van der Waals surface area contributed by atoms with Crippen LogP contribution in [0.1, 0.15) is 0 Å². The molecule has 0 atom stereocenters. The van der Waals surface area contributed by atoms with Gasteiger partial charge in [0.2, 0.25) is 0 Å². The maximum Gasteiger partial charge on any atom is 0.308 e. The van der Waals surface area contributed by atoms with Crippen molar-refractivity contribution in [3.05, 3.63) is 37.9 Å². The van der Waals surface area contributed by atoms with Crippen LogP contribution in [0, 0.1) is 15.5 Å². The minimum atomic E-state index is -0.509. The van der Waals surface area contributed by atoms with Crippen LogP contribution in [-0.2, 0) is 0 Å². The van der Waals surface area contributed by atoms with E-state index in [1.165, 1.54) is 18.2 Å². The first-order valence-corrected chi connectivity index (χ1v) is 3.98. The van der Waals surface area contributed by atoms with Crippen molar-refractivity contribution in [3.8, 4) is 0 Å². The molecular formula is C6H4BrN4O2+. The Morgan fingerprint density at radius 3 is 2.77 bits per heavy atom. The summed E-state index contributed by atoms with van der Waals surface area (Å²) < 4.78 is 0.458. The highest BCUT2D eigenvalue weighted by atomic mass is 79.9. The van der Waals surface area contributed by atoms with E-state index in [2.05, 4.69) is 26.4 Å². The first-order valence-electron chi connectivity index (χ1n) is 3.19. The van der Waals surface area contributed by atoms with Gasteiger partial charge in [0.15, 0.2) is 0 Å². The van der Waals surface area contributed by atoms with Gasteiger partial charge in [-0.3, -0.25) is 10.1 Å². The third-order valence-electron chi connectivity index (χ3n) is 1.33. The molecule has 0 saturated carbocycles. The largest absolute Gasteiger partial charge is 0.308 e. The average molecular weight is 244 g/mol. The van der Waals surface area contributed by atoms with Crippen molar-refractivity contribution in [1.82, 2.24) is 0 Å². The van der Waals surface area contributed by atoms with Crippen LogP contribution in [0.2, 0.25) is 0 Å². The Bertz CT molecular complexity index is 387. The summed E-state index contributed by atoms with van der Waals surface area (Å²) in [5.41, 5.74) is 2.67. The Kier molecular flexibility index (Phi) is 2.76. The molecule has 1 N–H and O–H groups in total. The van der Waals surface area contributed by atoms with E-state index in [0.717, 1.165) is 0 Å². The number of diazo groups is 1. The minimum Gasteiger partial charge on any atom is -0.258 e. The number of halogens is 1. The number of hydrogen-bond donors (Lipinski definition) is 1. The zero-order valence-electron chi connectivity index (χ0n) is 6.27. The monoisotopic (exact) mass is 243 g/mol. The third kappa shape index (κ3) is 2.13. The molecule has 0 heterocycles. The van der Waals surface area contributed by atoms with Crippen molar-refractivity contribution in [2.45, 2.75) is 0 Å². The molecule has 0 fully saturated rings. The summed E-state index contributed by atoms with van der Waals surface area (Å²) in [6.45, 7) is 0. The maximum absolute atomic E-state index is 10.3. The van der Waals surface area contributed by atoms with Crippen molar-refractivity contribution >= 4 is 27.3 Å². The Hall–Kier alpha value is -1.68. The van der Waals surface area contributed by atoms with Crippen LogP contribution in [0.15, 0.2) is 22.7 Å². The molecule has 1 rings (SSSR count). The lowest BCUT2D eigenvalue weighted by atomic mass is 10.3. The topological polar surface area (TPSA) is 83.3 Å². The molecule has 0 aromatic heterocycles. The van der Waals surface area contributed by atoms with Crippen LogP contribution in [0.5, 0.6) is 0 Å². The molecule has 0 aliphatic carbocycles. The van der Waals surface area contributed by atoms with Crippen LogP contribution in [0.25, 0.3) is 5.08 Å². The maximum atomic E-state index is 10.3. The average Bonchev–Trinajstić information content (AvgIpc) is 2.08. The van der Waals surface area contributed by atoms with Gasteiger partial charge in [-0.2, -0.15) is 0 Å². The highest BCUT2D eigenvalue weighted by Crippen LogP contribution is 2.26. The van der Waals surface area contributed by atoms with E-state index < -0.39 is 4.92 Å². The summed E-state index contributed by atoms with van der Waals surface area (Å²) in [7, 11) is 0. The summed E-state index contributed by atoms with van der Waals surface area (Å²) in [4.78, 5) is 9.80. The molecule has 6 nitrogen and oxygen atoms in total. The predicted molar refractivity (Wildman–Crippen MR) is 49.5 cm³/mol. The Morgan fingerprint density at radius 1 is 1.62 bits per heavy atom. The molecule has 0 aliphatic heterocycles. The van der Waals surface area contributed by atoms with Gasteiger partial charge in [-0.15, -0.1) is 0 Å². The molecule has 0 radical (unpaired) electrons. The number of nitro benzene ring substituents is 1. The Labute approximate surface area is 81.4 Å². The first kappa shape index (κ1) is 9.41. The fraction of sp³-hybridized carbons (Fsp3) is 0. The highest BCUT2D eigenvalue weighted by molar-refractivity contribution is 9.10. The van der Waals surface area contributed by atoms with Gasteiger partial charge in [-0.1, -0.05) is 0 Å². The van der Waals surface area contributed by atoms with Crippen molar-refractivity contribution in [3.63, 3.8) is 0 Å². The summed E-state index contributed by atoms with van der Waals surface area (Å²) in [6.07, 6.45) is 0. The summed E-state index contributed by atoms with van der Waals surface area (Å²) >= 11 is 3.08. The second-order valence-electron chi connectivity index (χ2n) is 2.13. The third-order valence-corrected chi connectivity index (χ3v) is 1.99. The normalized spacial score (nSPS) is 8.92. The zero-order chi connectivity index (χ0) is 9.84. The van der Waals surface area contributed by atoms with Crippen molar-refractivity contribution < 1.29 is 4.92 Å². The van der Waals surface area contributed by atoms with Crippen molar-refractivity contribution in [2.75, 3.05) is 5.43 Å². The Balaban J connectivity index is 3.07. The molecule has 0 spiro atoms. The quantitative estimate of drug-likeness (QED) is 0.492. The highest BCUT2D eigenvalue weighted by Gasteiger charge is 2.10. The van der Waals surface area contributed by atoms with Gasteiger partial charge in [-0.25, -0.2) is 0 Å². The number of hydrogen-bond acceptors (Lipinski definition) is 4. The molecule has 1 aromatic rings. The first-order chi connectivity index (χ1) is 6.15. The standard InChI is InChI=1S/C6H4BrN4O2/c7-5-3-4(11(12)13)1-2-6(5)9-10-8/h1-3,9H/q+1. The van der Waals surface area contributed by atoms with Crippen molar-refractivity contribution in [1.29, 1.82) is 5.39 Å². The van der Waals surface area contributed by atoms with Gasteiger partial charge < -0.3 is 0 Å². The van der Waals surface area contributed by atoms with Crippen LogP contribution >= 0.6 is 15.9 Å². The van der Waals surface area contributed by atoms with Gasteiger partial charge in [0.1, 0.15) is 5.69 Å². The van der Waals surface area contributed by atoms with E-state index >= 15 is 0 Å². The summed E-state index contributed by atoms with van der Waals surface area (Å²) in [5, 5.41) is 21.2. The fourth-order valence-corrected chi connectivity index (χ4v) is 1.22. The van der Waals surface area contributed by atoms with Gasteiger partial charge in [0, 0.05) is 12.1 Å². The number of nitrogens with zero attached hydrogens (tertiary/aromatic N) is 3. The summed E-state index contributed by atoms with van der Waals surface area (Å²) in [5.74, 6) is 0. The molecule has 7 heteroatoms. The fourth-order valence-electron chi connectivity index (χ4n) is 0.762. The lowest BCUT2D eigenvalue weighted by Gasteiger charge is -1.94. The van der Waals surface area contributed by atoms with Crippen LogP contribution in [-0.4, -0.2) is 4.92 Å². The van der Waals surface area contributed by atoms with Crippen LogP contribution in [0.4, 0.5) is 11.4 Å². The molecule has 0 unspecified atom stereocenters. The van der Waals surface area contributed by atoms with Crippen molar-refractivity contribution in [2.24, 2.45) is 0 Å². The molecule has 0 saturated heterocycles. The number of nitro groups is 1. The molecular weight excluding hydrogens is 240 g/mol. The Morgan fingerprint density at radius 2 is 2.31 bits per heavy atom. The van der Waals surface area contributed by atoms with Gasteiger partial charge in [-0.05, 0) is 27.4 Å². The second-order valence-corrected chi connectivity index (χ2v) is 2.99. The van der Waals surface area contributed by atoms with Gasteiger partial charge in [0.25, 0.3) is 11.1 Å². The molecule has 13 heavy (non-hydrogen) atoms. The second kappa shape index (κ2) is 3.82. The lowest BCUT2D eigenvalue weighted by molar-refractivity contribution is -0.384. The number of anilines is 1. The number of benzene rings is 1. The molecule has 1 aromatic carbocycles. The number of non-ortho nitro benzene ring substituents is 1.